The molecule has 0 spiro atoms. The van der Waals surface area contributed by atoms with Gasteiger partial charge in [-0.25, -0.2) is 4.99 Å². The Hall–Kier alpha value is -0.830. The van der Waals surface area contributed by atoms with Gasteiger partial charge in [0.1, 0.15) is 0 Å². The van der Waals surface area contributed by atoms with Crippen molar-refractivity contribution in [1.29, 1.82) is 0 Å². The Labute approximate surface area is 62.0 Å². The first kappa shape index (κ1) is 9.17. The maximum Gasteiger partial charge on any atom is 0.210 e. The molecular weight excluding hydrogens is 128 g/mol. The van der Waals surface area contributed by atoms with E-state index in [0.717, 1.165) is 6.54 Å². The molecule has 0 fully saturated rings. The highest BCUT2D eigenvalue weighted by molar-refractivity contribution is 5.73. The number of rotatable bonds is 3. The molecule has 3 heteroatoms. The van der Waals surface area contributed by atoms with E-state index in [-0.39, 0.29) is 0 Å². The van der Waals surface area contributed by atoms with Crippen molar-refractivity contribution >= 4 is 5.90 Å². The fourth-order valence-corrected chi connectivity index (χ4v) is 0.442. The van der Waals surface area contributed by atoms with Gasteiger partial charge in [0, 0.05) is 26.7 Å². The molecule has 0 radical (unpaired) electrons. The third kappa shape index (κ3) is 4.09. The second-order valence-corrected chi connectivity index (χ2v) is 1.87. The molecule has 58 valence electrons. The molecule has 0 amide bonds. The largest absolute Gasteiger partial charge is 0.391 e. The lowest BCUT2D eigenvalue weighted by Gasteiger charge is -2.13. The van der Waals surface area contributed by atoms with E-state index in [2.05, 4.69) is 11.6 Å². The number of hydroxylamine groups is 2. The van der Waals surface area contributed by atoms with Gasteiger partial charge in [0.05, 0.1) is 0 Å². The molecule has 0 aliphatic carbocycles. The van der Waals surface area contributed by atoms with E-state index in [1.54, 1.807) is 12.0 Å². The summed E-state index contributed by atoms with van der Waals surface area (Å²) in [5.41, 5.74) is 0. The van der Waals surface area contributed by atoms with Crippen LogP contribution in [0.2, 0.25) is 0 Å². The molecule has 0 unspecified atom stereocenters. The molecule has 10 heavy (non-hydrogen) atoms. The van der Waals surface area contributed by atoms with Crippen molar-refractivity contribution in [2.24, 2.45) is 4.99 Å². The Morgan fingerprint density at radius 3 is 2.80 bits per heavy atom. The maximum atomic E-state index is 5.15. The van der Waals surface area contributed by atoms with Crippen molar-refractivity contribution in [1.82, 2.24) is 5.06 Å². The lowest BCUT2D eigenvalue weighted by molar-refractivity contribution is -0.0422. The van der Waals surface area contributed by atoms with E-state index in [0.29, 0.717) is 5.90 Å². The summed E-state index contributed by atoms with van der Waals surface area (Å²) in [5, 5.41) is 1.70. The first-order valence-electron chi connectivity index (χ1n) is 3.25. The van der Waals surface area contributed by atoms with Gasteiger partial charge in [0.2, 0.25) is 5.90 Å². The third-order valence-corrected chi connectivity index (χ3v) is 1.01. The lowest BCUT2D eigenvalue weighted by atomic mass is 10.7. The summed E-state index contributed by atoms with van der Waals surface area (Å²) in [7, 11) is 1.85. The van der Waals surface area contributed by atoms with Crippen molar-refractivity contribution in [3.63, 3.8) is 0 Å². The molecule has 0 bridgehead atoms. The van der Waals surface area contributed by atoms with Crippen LogP contribution < -0.4 is 0 Å². The monoisotopic (exact) mass is 142 g/mol. The van der Waals surface area contributed by atoms with E-state index >= 15 is 0 Å². The lowest BCUT2D eigenvalue weighted by Crippen LogP contribution is -2.20. The van der Waals surface area contributed by atoms with Crippen molar-refractivity contribution in [3.05, 3.63) is 12.8 Å². The van der Waals surface area contributed by atoms with Crippen LogP contribution in [-0.2, 0) is 4.84 Å². The average Bonchev–Trinajstić information content (AvgIpc) is 1.88. The van der Waals surface area contributed by atoms with E-state index in [4.69, 9.17) is 4.84 Å². The molecule has 0 aromatic carbocycles. The molecule has 3 nitrogen and oxygen atoms in total. The predicted octanol–water partition coefficient (Wildman–Crippen LogP) is 1.43. The molecule has 0 rings (SSSR count). The van der Waals surface area contributed by atoms with Crippen LogP contribution in [0.15, 0.2) is 17.8 Å². The van der Waals surface area contributed by atoms with Gasteiger partial charge in [-0.2, -0.15) is 0 Å². The average molecular weight is 142 g/mol. The molecule has 0 aliphatic rings. The van der Waals surface area contributed by atoms with Crippen LogP contribution in [0.5, 0.6) is 0 Å². The van der Waals surface area contributed by atoms with Crippen molar-refractivity contribution in [3.8, 4) is 0 Å². The van der Waals surface area contributed by atoms with Crippen LogP contribution in [0.1, 0.15) is 13.8 Å². The first-order chi connectivity index (χ1) is 4.70. The van der Waals surface area contributed by atoms with Gasteiger partial charge in [-0.15, -0.1) is 5.06 Å². The Morgan fingerprint density at radius 1 is 1.80 bits per heavy atom. The number of aliphatic imine (C=N–C) groups is 1. The fourth-order valence-electron chi connectivity index (χ4n) is 0.442. The zero-order valence-electron chi connectivity index (χ0n) is 6.79. The number of hydrogen-bond donors (Lipinski definition) is 0. The summed E-state index contributed by atoms with van der Waals surface area (Å²) in [5.74, 6) is 0.611. The van der Waals surface area contributed by atoms with Crippen LogP contribution in [0.4, 0.5) is 0 Å². The minimum atomic E-state index is 0.611. The van der Waals surface area contributed by atoms with E-state index in [1.165, 1.54) is 6.20 Å². The summed E-state index contributed by atoms with van der Waals surface area (Å²) < 4.78 is 0. The van der Waals surface area contributed by atoms with Crippen LogP contribution in [0.3, 0.4) is 0 Å². The van der Waals surface area contributed by atoms with E-state index in [9.17, 15) is 0 Å². The van der Waals surface area contributed by atoms with Gasteiger partial charge in [0.15, 0.2) is 0 Å². The second-order valence-electron chi connectivity index (χ2n) is 1.87. The highest BCUT2D eigenvalue weighted by Gasteiger charge is 1.94. The Kier molecular flexibility index (Phi) is 4.58. The molecule has 0 N–H and O–H groups in total. The third-order valence-electron chi connectivity index (χ3n) is 1.01. The van der Waals surface area contributed by atoms with Gasteiger partial charge in [-0.05, 0) is 6.92 Å². The number of nitrogens with zero attached hydrogens (tertiary/aromatic N) is 2. The Morgan fingerprint density at radius 2 is 2.40 bits per heavy atom. The highest BCUT2D eigenvalue weighted by atomic mass is 16.7. The summed E-state index contributed by atoms with van der Waals surface area (Å²) in [6.45, 7) is 8.07. The smallest absolute Gasteiger partial charge is 0.210 e. The molecule has 0 heterocycles. The van der Waals surface area contributed by atoms with Gasteiger partial charge in [-0.1, -0.05) is 6.58 Å². The topological polar surface area (TPSA) is 24.8 Å². The maximum absolute atomic E-state index is 5.15. The summed E-state index contributed by atoms with van der Waals surface area (Å²) in [4.78, 5) is 8.98. The molecule has 0 aromatic heterocycles. The van der Waals surface area contributed by atoms with Crippen LogP contribution >= 0.6 is 0 Å². The van der Waals surface area contributed by atoms with E-state index in [1.807, 2.05) is 14.0 Å². The molecule has 0 aliphatic heterocycles. The predicted molar refractivity (Wildman–Crippen MR) is 42.7 cm³/mol. The second kappa shape index (κ2) is 4.99. The fraction of sp³-hybridized carbons (Fsp3) is 0.571. The zero-order chi connectivity index (χ0) is 7.98. The molecule has 0 saturated carbocycles. The van der Waals surface area contributed by atoms with Crippen molar-refractivity contribution in [2.75, 3.05) is 13.6 Å². The SMILES string of the molecule is C=CN=C(C)ON(C)CC. The highest BCUT2D eigenvalue weighted by Crippen LogP contribution is 1.87. The summed E-state index contributed by atoms with van der Waals surface area (Å²) in [6.07, 6.45) is 1.46. The quantitative estimate of drug-likeness (QED) is 0.338. The van der Waals surface area contributed by atoms with Crippen LogP contribution in [0, 0.1) is 0 Å². The van der Waals surface area contributed by atoms with Crippen LogP contribution in [-0.4, -0.2) is 24.6 Å². The van der Waals surface area contributed by atoms with Crippen LogP contribution in [0.25, 0.3) is 0 Å². The van der Waals surface area contributed by atoms with Crippen molar-refractivity contribution in [2.45, 2.75) is 13.8 Å². The molecule has 0 atom stereocenters. The van der Waals surface area contributed by atoms with E-state index < -0.39 is 0 Å². The zero-order valence-corrected chi connectivity index (χ0v) is 6.79. The first-order valence-corrected chi connectivity index (χ1v) is 3.25. The molecule has 0 saturated heterocycles. The summed E-state index contributed by atoms with van der Waals surface area (Å²) >= 11 is 0. The van der Waals surface area contributed by atoms with Gasteiger partial charge in [-0.3, -0.25) is 0 Å². The number of hydrogen-bond acceptors (Lipinski definition) is 3. The minimum absolute atomic E-state index is 0.611. The normalized spacial score (nSPS) is 11.8. The summed E-state index contributed by atoms with van der Waals surface area (Å²) in [6, 6.07) is 0. The molecular formula is C7H14N2O. The molecule has 0 aromatic rings. The van der Waals surface area contributed by atoms with Gasteiger partial charge in [0.25, 0.3) is 0 Å². The standard InChI is InChI=1S/C7H14N2O/c1-5-8-7(3)10-9(4)6-2/h5H,1,6H2,2-4H3. The van der Waals surface area contributed by atoms with Crippen molar-refractivity contribution < 1.29 is 4.84 Å². The van der Waals surface area contributed by atoms with Gasteiger partial charge >= 0.3 is 0 Å². The Balaban J connectivity index is 3.66. The minimum Gasteiger partial charge on any atom is -0.391 e. The van der Waals surface area contributed by atoms with Gasteiger partial charge < -0.3 is 4.84 Å². The Bertz CT molecular complexity index is 132.